The Morgan fingerprint density at radius 1 is 1.30 bits per heavy atom. The van der Waals surface area contributed by atoms with Gasteiger partial charge in [0.2, 0.25) is 5.91 Å². The maximum atomic E-state index is 13.3. The first-order valence-corrected chi connectivity index (χ1v) is 10.7. The number of rotatable bonds is 6. The maximum Gasteiger partial charge on any atom is 0.231 e. The van der Waals surface area contributed by atoms with Gasteiger partial charge < -0.3 is 4.57 Å². The van der Waals surface area contributed by atoms with Crippen molar-refractivity contribution in [2.45, 2.75) is 45.1 Å². The second kappa shape index (κ2) is 8.40. The van der Waals surface area contributed by atoms with Crippen LogP contribution in [0.5, 0.6) is 0 Å². The minimum Gasteiger partial charge on any atom is -0.337 e. The Bertz CT molecular complexity index is 902. The topological polar surface area (TPSA) is 51.0 Å². The summed E-state index contributed by atoms with van der Waals surface area (Å²) in [7, 11) is 0. The molecular weight excluding hydrogens is 380 g/mol. The van der Waals surface area contributed by atoms with E-state index in [9.17, 15) is 4.79 Å². The summed E-state index contributed by atoms with van der Waals surface area (Å²) in [6, 6.07) is 5.69. The normalized spacial score (nSPS) is 15.3. The Kier molecular flexibility index (Phi) is 5.74. The molecular formula is C20H23ClN4OS. The zero-order chi connectivity index (χ0) is 18.6. The largest absolute Gasteiger partial charge is 0.337 e. The van der Waals surface area contributed by atoms with Gasteiger partial charge in [-0.25, -0.2) is 9.97 Å². The molecule has 1 saturated carbocycles. The van der Waals surface area contributed by atoms with Gasteiger partial charge in [0.1, 0.15) is 0 Å². The molecule has 0 radical (unpaired) electrons. The van der Waals surface area contributed by atoms with Gasteiger partial charge in [0.15, 0.2) is 5.13 Å². The van der Waals surface area contributed by atoms with Gasteiger partial charge in [-0.05, 0) is 37.5 Å². The number of hydrogen-bond acceptors (Lipinski definition) is 4. The molecule has 2 aromatic heterocycles. The lowest BCUT2D eigenvalue weighted by Gasteiger charge is -2.27. The van der Waals surface area contributed by atoms with Crippen LogP contribution < -0.4 is 4.90 Å². The minimum atomic E-state index is 0.127. The number of anilines is 1. The molecule has 0 bridgehead atoms. The summed E-state index contributed by atoms with van der Waals surface area (Å²) >= 11 is 7.67. The molecule has 1 aliphatic carbocycles. The van der Waals surface area contributed by atoms with Gasteiger partial charge in [-0.15, -0.1) is 0 Å². The predicted octanol–water partition coefficient (Wildman–Crippen LogP) is 5.15. The van der Waals surface area contributed by atoms with E-state index < -0.39 is 0 Å². The number of carbonyl (C=O) groups is 1. The molecule has 2 heterocycles. The Balaban J connectivity index is 1.56. The molecule has 0 saturated heterocycles. The minimum absolute atomic E-state index is 0.127. The molecule has 1 aromatic carbocycles. The summed E-state index contributed by atoms with van der Waals surface area (Å²) in [6.07, 6.45) is 11.9. The highest BCUT2D eigenvalue weighted by Gasteiger charge is 2.28. The molecule has 1 fully saturated rings. The van der Waals surface area contributed by atoms with Gasteiger partial charge in [-0.2, -0.15) is 0 Å². The fourth-order valence-corrected chi connectivity index (χ4v) is 4.98. The number of fused-ring (bicyclic) bond motifs is 1. The van der Waals surface area contributed by atoms with Gasteiger partial charge in [0.05, 0.1) is 16.5 Å². The standard InChI is InChI=1S/C20H23ClN4OS/c21-16-7-8-17-18(13-16)27-20(23-17)25(11-4-10-24-12-9-22-14-24)19(26)15-5-2-1-3-6-15/h7-9,12-15H,1-6,10-11H2. The fourth-order valence-electron chi connectivity index (χ4n) is 3.70. The van der Waals surface area contributed by atoms with Gasteiger partial charge in [-0.3, -0.25) is 9.69 Å². The Labute approximate surface area is 168 Å². The molecule has 0 aliphatic heterocycles. The zero-order valence-corrected chi connectivity index (χ0v) is 16.8. The van der Waals surface area contributed by atoms with Crippen LogP contribution in [0.1, 0.15) is 38.5 Å². The average Bonchev–Trinajstić information content (AvgIpc) is 3.34. The summed E-state index contributed by atoms with van der Waals surface area (Å²) in [5.41, 5.74) is 0.899. The summed E-state index contributed by atoms with van der Waals surface area (Å²) in [5.74, 6) is 0.355. The molecule has 3 aromatic rings. The van der Waals surface area contributed by atoms with E-state index in [1.54, 1.807) is 17.5 Å². The van der Waals surface area contributed by atoms with Crippen LogP contribution in [0.15, 0.2) is 36.9 Å². The average molecular weight is 403 g/mol. The van der Waals surface area contributed by atoms with Crippen molar-refractivity contribution in [1.82, 2.24) is 14.5 Å². The molecule has 1 amide bonds. The lowest BCUT2D eigenvalue weighted by molar-refractivity contribution is -0.123. The second-order valence-electron chi connectivity index (χ2n) is 7.09. The summed E-state index contributed by atoms with van der Waals surface area (Å²) < 4.78 is 3.06. The lowest BCUT2D eigenvalue weighted by atomic mass is 9.88. The molecule has 0 spiro atoms. The van der Waals surface area contributed by atoms with Crippen molar-refractivity contribution >= 4 is 44.2 Å². The van der Waals surface area contributed by atoms with E-state index in [2.05, 4.69) is 4.98 Å². The highest BCUT2D eigenvalue weighted by atomic mass is 35.5. The number of carbonyl (C=O) groups excluding carboxylic acids is 1. The number of halogens is 1. The third kappa shape index (κ3) is 4.33. The Hall–Kier alpha value is -1.92. The van der Waals surface area contributed by atoms with Crippen molar-refractivity contribution < 1.29 is 4.79 Å². The van der Waals surface area contributed by atoms with E-state index in [0.29, 0.717) is 11.6 Å². The highest BCUT2D eigenvalue weighted by molar-refractivity contribution is 7.22. The van der Waals surface area contributed by atoms with E-state index in [1.807, 2.05) is 40.2 Å². The van der Waals surface area contributed by atoms with Crippen LogP contribution in [-0.4, -0.2) is 27.0 Å². The van der Waals surface area contributed by atoms with E-state index in [-0.39, 0.29) is 11.8 Å². The van der Waals surface area contributed by atoms with E-state index in [0.717, 1.165) is 54.0 Å². The number of thiazole rings is 1. The van der Waals surface area contributed by atoms with Crippen LogP contribution in [0.25, 0.3) is 10.2 Å². The van der Waals surface area contributed by atoms with Crippen LogP contribution in [0, 0.1) is 5.92 Å². The van der Waals surface area contributed by atoms with Crippen molar-refractivity contribution in [3.05, 3.63) is 41.9 Å². The van der Waals surface area contributed by atoms with Crippen molar-refractivity contribution in [3.8, 4) is 0 Å². The van der Waals surface area contributed by atoms with Crippen LogP contribution in [0.4, 0.5) is 5.13 Å². The fraction of sp³-hybridized carbons (Fsp3) is 0.450. The van der Waals surface area contributed by atoms with Crippen molar-refractivity contribution in [1.29, 1.82) is 0 Å². The number of aromatic nitrogens is 3. The second-order valence-corrected chi connectivity index (χ2v) is 8.53. The quantitative estimate of drug-likeness (QED) is 0.572. The van der Waals surface area contributed by atoms with Crippen molar-refractivity contribution in [3.63, 3.8) is 0 Å². The van der Waals surface area contributed by atoms with Crippen LogP contribution in [0.2, 0.25) is 5.02 Å². The Morgan fingerprint density at radius 2 is 2.15 bits per heavy atom. The molecule has 4 rings (SSSR count). The first-order chi connectivity index (χ1) is 13.2. The summed E-state index contributed by atoms with van der Waals surface area (Å²) in [6.45, 7) is 1.51. The maximum absolute atomic E-state index is 13.3. The number of hydrogen-bond donors (Lipinski definition) is 0. The summed E-state index contributed by atoms with van der Waals surface area (Å²) in [5, 5.41) is 1.48. The van der Waals surface area contributed by atoms with E-state index >= 15 is 0 Å². The van der Waals surface area contributed by atoms with Crippen LogP contribution >= 0.6 is 22.9 Å². The predicted molar refractivity (Wildman–Crippen MR) is 110 cm³/mol. The van der Waals surface area contributed by atoms with Crippen LogP contribution in [-0.2, 0) is 11.3 Å². The molecule has 0 N–H and O–H groups in total. The first kappa shape index (κ1) is 18.4. The van der Waals surface area contributed by atoms with Gasteiger partial charge in [-0.1, -0.05) is 42.2 Å². The summed E-state index contributed by atoms with van der Waals surface area (Å²) in [4.78, 5) is 24.0. The SMILES string of the molecule is O=C(C1CCCCC1)N(CCCn1ccnc1)c1nc2ccc(Cl)cc2s1. The monoisotopic (exact) mass is 402 g/mol. The first-order valence-electron chi connectivity index (χ1n) is 9.54. The highest BCUT2D eigenvalue weighted by Crippen LogP contribution is 2.33. The number of amides is 1. The third-order valence-corrected chi connectivity index (χ3v) is 6.42. The molecule has 0 unspecified atom stereocenters. The van der Waals surface area contributed by atoms with Crippen molar-refractivity contribution in [2.75, 3.05) is 11.4 Å². The molecule has 1 aliphatic rings. The molecule has 0 atom stereocenters. The number of benzene rings is 1. The van der Waals surface area contributed by atoms with Crippen LogP contribution in [0.3, 0.4) is 0 Å². The van der Waals surface area contributed by atoms with Crippen molar-refractivity contribution in [2.24, 2.45) is 5.92 Å². The number of imidazole rings is 1. The van der Waals surface area contributed by atoms with Gasteiger partial charge in [0, 0.05) is 36.4 Å². The molecule has 142 valence electrons. The Morgan fingerprint density at radius 3 is 2.93 bits per heavy atom. The molecule has 27 heavy (non-hydrogen) atoms. The van der Waals surface area contributed by atoms with Gasteiger partial charge >= 0.3 is 0 Å². The molecule has 5 nitrogen and oxygen atoms in total. The van der Waals surface area contributed by atoms with E-state index in [1.165, 1.54) is 6.42 Å². The lowest BCUT2D eigenvalue weighted by Crippen LogP contribution is -2.38. The zero-order valence-electron chi connectivity index (χ0n) is 15.2. The number of nitrogens with zero attached hydrogens (tertiary/aromatic N) is 4. The molecule has 7 heteroatoms. The number of aryl methyl sites for hydroxylation is 1. The van der Waals surface area contributed by atoms with Gasteiger partial charge in [0.25, 0.3) is 0 Å². The van der Waals surface area contributed by atoms with E-state index in [4.69, 9.17) is 16.6 Å². The third-order valence-electron chi connectivity index (χ3n) is 5.15. The smallest absolute Gasteiger partial charge is 0.231 e.